The minimum Gasteiger partial charge on any atom is -0.389 e. The van der Waals surface area contributed by atoms with Crippen molar-refractivity contribution in [3.8, 4) is 0 Å². The number of carbonyl (C=O) groups excluding carboxylic acids is 1. The van der Waals surface area contributed by atoms with Gasteiger partial charge < -0.3 is 9.90 Å². The average Bonchev–Trinajstić information content (AvgIpc) is 1.87. The third-order valence-corrected chi connectivity index (χ3v) is 2.41. The first-order valence-electron chi connectivity index (χ1n) is 3.84. The molecule has 1 rings (SSSR count). The molecule has 1 aliphatic rings. The van der Waals surface area contributed by atoms with Crippen LogP contribution in [0.5, 0.6) is 0 Å². The predicted molar refractivity (Wildman–Crippen MR) is 38.6 cm³/mol. The Balaban J connectivity index is 2.59. The number of hydrogen-bond acceptors (Lipinski definition) is 2. The number of hydrogen-bond donors (Lipinski definition) is 1. The maximum atomic E-state index is 10.4. The quantitative estimate of drug-likeness (QED) is 0.557. The highest BCUT2D eigenvalue weighted by Gasteiger charge is 2.33. The molecule has 0 aromatic carbocycles. The maximum absolute atomic E-state index is 10.4. The zero-order chi connectivity index (χ0) is 7.61. The van der Waals surface area contributed by atoms with E-state index in [1.165, 1.54) is 0 Å². The van der Waals surface area contributed by atoms with Crippen molar-refractivity contribution in [3.05, 3.63) is 0 Å². The molecule has 1 N–H and O–H groups in total. The molecule has 2 heteroatoms. The zero-order valence-corrected chi connectivity index (χ0v) is 6.34. The molecule has 0 amide bonds. The van der Waals surface area contributed by atoms with Gasteiger partial charge in [0.15, 0.2) is 0 Å². The van der Waals surface area contributed by atoms with E-state index in [0.717, 1.165) is 32.0 Å². The van der Waals surface area contributed by atoms with Crippen molar-refractivity contribution in [1.29, 1.82) is 0 Å². The van der Waals surface area contributed by atoms with Gasteiger partial charge in [0.25, 0.3) is 0 Å². The van der Waals surface area contributed by atoms with Crippen molar-refractivity contribution in [2.45, 2.75) is 38.2 Å². The highest BCUT2D eigenvalue weighted by molar-refractivity contribution is 5.55. The van der Waals surface area contributed by atoms with Crippen LogP contribution in [0.4, 0.5) is 0 Å². The fourth-order valence-electron chi connectivity index (χ4n) is 1.56. The minimum atomic E-state index is -0.722. The Morgan fingerprint density at radius 1 is 1.60 bits per heavy atom. The number of carbonyl (C=O) groups is 1. The van der Waals surface area contributed by atoms with Gasteiger partial charge in [0, 0.05) is 5.92 Å². The van der Waals surface area contributed by atoms with Crippen molar-refractivity contribution in [2.75, 3.05) is 0 Å². The summed E-state index contributed by atoms with van der Waals surface area (Å²) in [4.78, 5) is 10.4. The second-order valence-electron chi connectivity index (χ2n) is 3.35. The van der Waals surface area contributed by atoms with Gasteiger partial charge in [-0.05, 0) is 19.8 Å². The number of aliphatic hydroxyl groups is 1. The zero-order valence-electron chi connectivity index (χ0n) is 6.34. The fourth-order valence-corrected chi connectivity index (χ4v) is 1.56. The summed E-state index contributed by atoms with van der Waals surface area (Å²) < 4.78 is 0. The van der Waals surface area contributed by atoms with Gasteiger partial charge in [-0.3, -0.25) is 0 Å². The first kappa shape index (κ1) is 7.73. The van der Waals surface area contributed by atoms with Gasteiger partial charge in [0.2, 0.25) is 0 Å². The lowest BCUT2D eigenvalue weighted by molar-refractivity contribution is -0.121. The molecule has 0 unspecified atom stereocenters. The molecule has 0 saturated heterocycles. The molecule has 0 heterocycles. The molecule has 1 aliphatic carbocycles. The van der Waals surface area contributed by atoms with E-state index in [2.05, 4.69) is 0 Å². The van der Waals surface area contributed by atoms with E-state index in [9.17, 15) is 9.90 Å². The van der Waals surface area contributed by atoms with Crippen LogP contribution in [0.25, 0.3) is 0 Å². The van der Waals surface area contributed by atoms with Crippen molar-refractivity contribution in [1.82, 2.24) is 0 Å². The van der Waals surface area contributed by atoms with Crippen molar-refractivity contribution < 1.29 is 9.90 Å². The highest BCUT2D eigenvalue weighted by atomic mass is 16.3. The van der Waals surface area contributed by atoms with Crippen LogP contribution in [0.2, 0.25) is 0 Å². The van der Waals surface area contributed by atoms with Crippen LogP contribution in [-0.2, 0) is 4.79 Å². The molecule has 1 saturated carbocycles. The Morgan fingerprint density at radius 3 is 2.70 bits per heavy atom. The number of aldehydes is 1. The summed E-state index contributed by atoms with van der Waals surface area (Å²) in [5.41, 5.74) is -0.722. The van der Waals surface area contributed by atoms with E-state index in [4.69, 9.17) is 0 Å². The Morgan fingerprint density at radius 2 is 2.30 bits per heavy atom. The molecule has 0 aromatic heterocycles. The first-order chi connectivity index (χ1) is 4.67. The standard InChI is InChI=1S/C8H14O2/c1-8(10)5-3-2-4-7(8)6-9/h6-7,10H,2-5H2,1H3/t7-,8-/m1/s1. The summed E-state index contributed by atoms with van der Waals surface area (Å²) in [6, 6.07) is 0. The smallest absolute Gasteiger partial charge is 0.125 e. The summed E-state index contributed by atoms with van der Waals surface area (Å²) in [6.07, 6.45) is 4.66. The lowest BCUT2D eigenvalue weighted by atomic mass is 9.77. The molecule has 10 heavy (non-hydrogen) atoms. The van der Waals surface area contributed by atoms with Gasteiger partial charge in [0.1, 0.15) is 6.29 Å². The molecular formula is C8H14O2. The lowest BCUT2D eigenvalue weighted by Crippen LogP contribution is -2.38. The van der Waals surface area contributed by atoms with Crippen LogP contribution in [0.15, 0.2) is 0 Å². The molecule has 0 aromatic rings. The molecule has 58 valence electrons. The molecule has 0 spiro atoms. The summed E-state index contributed by atoms with van der Waals surface area (Å²) in [5, 5.41) is 9.60. The largest absolute Gasteiger partial charge is 0.389 e. The maximum Gasteiger partial charge on any atom is 0.125 e. The van der Waals surface area contributed by atoms with Crippen LogP contribution < -0.4 is 0 Å². The lowest BCUT2D eigenvalue weighted by Gasteiger charge is -2.33. The summed E-state index contributed by atoms with van der Waals surface area (Å²) >= 11 is 0. The average molecular weight is 142 g/mol. The van der Waals surface area contributed by atoms with E-state index >= 15 is 0 Å². The van der Waals surface area contributed by atoms with Crippen LogP contribution in [0.1, 0.15) is 32.6 Å². The van der Waals surface area contributed by atoms with E-state index in [1.807, 2.05) is 0 Å². The third-order valence-electron chi connectivity index (χ3n) is 2.41. The molecule has 2 nitrogen and oxygen atoms in total. The van der Waals surface area contributed by atoms with Gasteiger partial charge in [0.05, 0.1) is 5.60 Å². The molecule has 2 atom stereocenters. The van der Waals surface area contributed by atoms with Crippen LogP contribution in [0, 0.1) is 5.92 Å². The van der Waals surface area contributed by atoms with Crippen molar-refractivity contribution >= 4 is 6.29 Å². The van der Waals surface area contributed by atoms with Gasteiger partial charge >= 0.3 is 0 Å². The summed E-state index contributed by atoms with van der Waals surface area (Å²) in [7, 11) is 0. The van der Waals surface area contributed by atoms with Crippen molar-refractivity contribution in [2.24, 2.45) is 5.92 Å². The molecule has 1 fully saturated rings. The Kier molecular flexibility index (Phi) is 2.09. The summed E-state index contributed by atoms with van der Waals surface area (Å²) in [6.45, 7) is 1.76. The second kappa shape index (κ2) is 2.70. The fraction of sp³-hybridized carbons (Fsp3) is 0.875. The van der Waals surface area contributed by atoms with E-state index < -0.39 is 5.60 Å². The molecule has 0 aliphatic heterocycles. The second-order valence-corrected chi connectivity index (χ2v) is 3.35. The number of rotatable bonds is 1. The van der Waals surface area contributed by atoms with E-state index in [1.54, 1.807) is 6.92 Å². The van der Waals surface area contributed by atoms with Crippen molar-refractivity contribution in [3.63, 3.8) is 0 Å². The Labute approximate surface area is 61.2 Å². The summed E-state index contributed by atoms with van der Waals surface area (Å²) in [5.74, 6) is -0.124. The Bertz CT molecular complexity index is 129. The molecular weight excluding hydrogens is 128 g/mol. The third kappa shape index (κ3) is 1.37. The van der Waals surface area contributed by atoms with Crippen LogP contribution in [-0.4, -0.2) is 17.0 Å². The molecule has 0 radical (unpaired) electrons. The van der Waals surface area contributed by atoms with E-state index in [-0.39, 0.29) is 5.92 Å². The Hall–Kier alpha value is -0.370. The van der Waals surface area contributed by atoms with Gasteiger partial charge in [-0.25, -0.2) is 0 Å². The van der Waals surface area contributed by atoms with Gasteiger partial charge in [-0.2, -0.15) is 0 Å². The predicted octanol–water partition coefficient (Wildman–Crippen LogP) is 1.13. The highest BCUT2D eigenvalue weighted by Crippen LogP contribution is 2.31. The first-order valence-corrected chi connectivity index (χ1v) is 3.84. The topological polar surface area (TPSA) is 37.3 Å². The van der Waals surface area contributed by atoms with Crippen LogP contribution >= 0.6 is 0 Å². The van der Waals surface area contributed by atoms with E-state index in [0.29, 0.717) is 0 Å². The minimum absolute atomic E-state index is 0.124. The normalized spacial score (nSPS) is 41.2. The van der Waals surface area contributed by atoms with Gasteiger partial charge in [-0.15, -0.1) is 0 Å². The monoisotopic (exact) mass is 142 g/mol. The molecule has 0 bridgehead atoms. The van der Waals surface area contributed by atoms with Gasteiger partial charge in [-0.1, -0.05) is 12.8 Å². The SMILES string of the molecule is C[C@@]1(O)CCCC[C@@H]1C=O. The van der Waals surface area contributed by atoms with Crippen LogP contribution in [0.3, 0.4) is 0 Å².